The first-order valence-electron chi connectivity index (χ1n) is 6.19. The second kappa shape index (κ2) is 6.79. The molecule has 0 radical (unpaired) electrons. The van der Waals surface area contributed by atoms with Gasteiger partial charge < -0.3 is 10.2 Å². The zero-order valence-electron chi connectivity index (χ0n) is 11.2. The summed E-state index contributed by atoms with van der Waals surface area (Å²) in [6, 6.07) is 5.60. The molecule has 1 N–H and O–H groups in total. The van der Waals surface area contributed by atoms with Crippen molar-refractivity contribution in [2.45, 2.75) is 20.8 Å². The lowest BCUT2D eigenvalue weighted by atomic mass is 10.1. The van der Waals surface area contributed by atoms with Gasteiger partial charge in [-0.25, -0.2) is 0 Å². The molecule has 0 aromatic heterocycles. The van der Waals surface area contributed by atoms with E-state index < -0.39 is 0 Å². The second-order valence-corrected chi connectivity index (χ2v) is 4.13. The molecule has 4 nitrogen and oxygen atoms in total. The number of carbonyl (C=O) groups excluding carboxylic acids is 2. The average Bonchev–Trinajstić information content (AvgIpc) is 2.36. The highest BCUT2D eigenvalue weighted by Gasteiger charge is 2.10. The van der Waals surface area contributed by atoms with Gasteiger partial charge in [0, 0.05) is 24.3 Å². The summed E-state index contributed by atoms with van der Waals surface area (Å²) >= 11 is 0. The molecule has 1 amide bonds. The molecule has 98 valence electrons. The highest BCUT2D eigenvalue weighted by atomic mass is 16.2. The van der Waals surface area contributed by atoms with Gasteiger partial charge in [0.1, 0.15) is 6.29 Å². The Morgan fingerprint density at radius 2 is 2.11 bits per heavy atom. The molecule has 0 heterocycles. The molecule has 4 heteroatoms. The third kappa shape index (κ3) is 3.58. The van der Waals surface area contributed by atoms with Gasteiger partial charge in [-0.3, -0.25) is 9.59 Å². The fraction of sp³-hybridized carbons (Fsp3) is 0.429. The summed E-state index contributed by atoms with van der Waals surface area (Å²) in [5.41, 5.74) is 2.58. The lowest BCUT2D eigenvalue weighted by Crippen LogP contribution is -2.37. The van der Waals surface area contributed by atoms with E-state index >= 15 is 0 Å². The largest absolute Gasteiger partial charge is 0.362 e. The minimum atomic E-state index is 0.0106. The molecule has 0 atom stereocenters. The van der Waals surface area contributed by atoms with Crippen molar-refractivity contribution >= 4 is 17.9 Å². The van der Waals surface area contributed by atoms with Crippen LogP contribution in [0.1, 0.15) is 29.8 Å². The first-order valence-corrected chi connectivity index (χ1v) is 6.19. The Morgan fingerprint density at radius 3 is 2.61 bits per heavy atom. The van der Waals surface area contributed by atoms with Gasteiger partial charge in [0.15, 0.2) is 0 Å². The summed E-state index contributed by atoms with van der Waals surface area (Å²) in [4.78, 5) is 24.3. The van der Waals surface area contributed by atoms with Crippen LogP contribution in [0, 0.1) is 6.92 Å². The maximum absolute atomic E-state index is 11.6. The predicted octanol–water partition coefficient (Wildman–Crippen LogP) is 1.77. The van der Waals surface area contributed by atoms with E-state index in [4.69, 9.17) is 0 Å². The fourth-order valence-electron chi connectivity index (χ4n) is 1.80. The van der Waals surface area contributed by atoms with Gasteiger partial charge in [-0.1, -0.05) is 0 Å². The first kappa shape index (κ1) is 14.2. The van der Waals surface area contributed by atoms with E-state index in [1.807, 2.05) is 37.8 Å². The topological polar surface area (TPSA) is 49.4 Å². The van der Waals surface area contributed by atoms with E-state index in [0.29, 0.717) is 18.7 Å². The van der Waals surface area contributed by atoms with Gasteiger partial charge in [-0.15, -0.1) is 0 Å². The van der Waals surface area contributed by atoms with Crippen LogP contribution in [0.25, 0.3) is 0 Å². The monoisotopic (exact) mass is 248 g/mol. The van der Waals surface area contributed by atoms with Gasteiger partial charge in [-0.05, 0) is 44.5 Å². The fourth-order valence-corrected chi connectivity index (χ4v) is 1.80. The molecule has 0 aliphatic rings. The Bertz CT molecular complexity index is 430. The maximum atomic E-state index is 11.6. The second-order valence-electron chi connectivity index (χ2n) is 4.13. The van der Waals surface area contributed by atoms with Gasteiger partial charge >= 0.3 is 0 Å². The number of aryl methyl sites for hydroxylation is 1. The van der Waals surface area contributed by atoms with Gasteiger partial charge in [0.25, 0.3) is 0 Å². The van der Waals surface area contributed by atoms with E-state index in [0.717, 1.165) is 24.1 Å². The van der Waals surface area contributed by atoms with E-state index in [-0.39, 0.29) is 5.91 Å². The number of aldehydes is 1. The number of anilines is 1. The molecular formula is C14H20N2O2. The van der Waals surface area contributed by atoms with E-state index in [9.17, 15) is 9.59 Å². The average molecular weight is 248 g/mol. The van der Waals surface area contributed by atoms with E-state index in [2.05, 4.69) is 5.32 Å². The van der Waals surface area contributed by atoms with E-state index in [1.165, 1.54) is 0 Å². The standard InChI is InChI=1S/C14H20N2O2/c1-4-15-14(18)9-16(5-2)13-7-6-12(10-17)11(3)8-13/h6-8,10H,4-5,9H2,1-3H3,(H,15,18). The molecule has 0 unspecified atom stereocenters. The van der Waals surface area contributed by atoms with Crippen LogP contribution in [0.4, 0.5) is 5.69 Å². The molecule has 0 fully saturated rings. The zero-order chi connectivity index (χ0) is 13.5. The third-order valence-corrected chi connectivity index (χ3v) is 2.84. The molecule has 1 aromatic carbocycles. The van der Waals surface area contributed by atoms with Crippen molar-refractivity contribution in [1.29, 1.82) is 0 Å². The number of carbonyl (C=O) groups is 2. The Kier molecular flexibility index (Phi) is 5.36. The van der Waals surface area contributed by atoms with Crippen molar-refractivity contribution in [3.8, 4) is 0 Å². The normalized spacial score (nSPS) is 9.94. The quantitative estimate of drug-likeness (QED) is 0.781. The Morgan fingerprint density at radius 1 is 1.39 bits per heavy atom. The first-order chi connectivity index (χ1) is 8.62. The van der Waals surface area contributed by atoms with Crippen molar-refractivity contribution in [3.05, 3.63) is 29.3 Å². The maximum Gasteiger partial charge on any atom is 0.239 e. The molecule has 1 rings (SSSR count). The molecule has 0 saturated heterocycles. The summed E-state index contributed by atoms with van der Waals surface area (Å²) in [5.74, 6) is 0.0106. The van der Waals surface area contributed by atoms with Crippen LogP contribution in [-0.4, -0.2) is 31.8 Å². The number of rotatable bonds is 6. The number of nitrogens with one attached hydrogen (secondary N) is 1. The van der Waals surface area contributed by atoms with Crippen molar-refractivity contribution in [3.63, 3.8) is 0 Å². The lowest BCUT2D eigenvalue weighted by Gasteiger charge is -2.23. The lowest BCUT2D eigenvalue weighted by molar-refractivity contribution is -0.119. The van der Waals surface area contributed by atoms with Crippen LogP contribution in [0.5, 0.6) is 0 Å². The molecular weight excluding hydrogens is 228 g/mol. The van der Waals surface area contributed by atoms with Gasteiger partial charge in [0.05, 0.1) is 6.54 Å². The number of amides is 1. The highest BCUT2D eigenvalue weighted by Crippen LogP contribution is 2.18. The van der Waals surface area contributed by atoms with Gasteiger partial charge in [-0.2, -0.15) is 0 Å². The Balaban J connectivity index is 2.85. The Labute approximate surface area is 108 Å². The van der Waals surface area contributed by atoms with Crippen LogP contribution >= 0.6 is 0 Å². The number of benzene rings is 1. The SMILES string of the molecule is CCNC(=O)CN(CC)c1ccc(C=O)c(C)c1. The van der Waals surface area contributed by atoms with E-state index in [1.54, 1.807) is 6.07 Å². The summed E-state index contributed by atoms with van der Waals surface area (Å²) in [6.45, 7) is 7.52. The van der Waals surface area contributed by atoms with Crippen LogP contribution < -0.4 is 10.2 Å². The van der Waals surface area contributed by atoms with Gasteiger partial charge in [0.2, 0.25) is 5.91 Å². The number of nitrogens with zero attached hydrogens (tertiary/aromatic N) is 1. The van der Waals surface area contributed by atoms with Crippen LogP contribution in [0.3, 0.4) is 0 Å². The summed E-state index contributed by atoms with van der Waals surface area (Å²) in [7, 11) is 0. The molecule has 0 aliphatic carbocycles. The van der Waals surface area contributed by atoms with Crippen LogP contribution in [0.15, 0.2) is 18.2 Å². The highest BCUT2D eigenvalue weighted by molar-refractivity contribution is 5.82. The number of hydrogen-bond acceptors (Lipinski definition) is 3. The minimum absolute atomic E-state index is 0.0106. The van der Waals surface area contributed by atoms with Crippen molar-refractivity contribution in [2.75, 3.05) is 24.5 Å². The summed E-state index contributed by atoms with van der Waals surface area (Å²) < 4.78 is 0. The molecule has 0 saturated carbocycles. The van der Waals surface area contributed by atoms with Crippen molar-refractivity contribution in [2.24, 2.45) is 0 Å². The summed E-state index contributed by atoms with van der Waals surface area (Å²) in [5, 5.41) is 2.78. The molecule has 0 spiro atoms. The smallest absolute Gasteiger partial charge is 0.239 e. The molecule has 18 heavy (non-hydrogen) atoms. The number of likely N-dealkylation sites (N-methyl/N-ethyl adjacent to an activating group) is 2. The molecule has 0 aliphatic heterocycles. The number of hydrogen-bond donors (Lipinski definition) is 1. The van der Waals surface area contributed by atoms with Crippen molar-refractivity contribution < 1.29 is 9.59 Å². The van der Waals surface area contributed by atoms with Crippen molar-refractivity contribution in [1.82, 2.24) is 5.32 Å². The van der Waals surface area contributed by atoms with Crippen LogP contribution in [0.2, 0.25) is 0 Å². The van der Waals surface area contributed by atoms with Crippen LogP contribution in [-0.2, 0) is 4.79 Å². The third-order valence-electron chi connectivity index (χ3n) is 2.84. The molecule has 0 bridgehead atoms. The summed E-state index contributed by atoms with van der Waals surface area (Å²) in [6.07, 6.45) is 0.846. The zero-order valence-corrected chi connectivity index (χ0v) is 11.2. The predicted molar refractivity (Wildman–Crippen MR) is 73.1 cm³/mol. The minimum Gasteiger partial charge on any atom is -0.362 e. The Hall–Kier alpha value is -1.84. The molecule has 1 aromatic rings.